The maximum absolute atomic E-state index is 12.7. The average Bonchev–Trinajstić information content (AvgIpc) is 3.24. The Morgan fingerprint density at radius 2 is 1.77 bits per heavy atom. The van der Waals surface area contributed by atoms with Gasteiger partial charge < -0.3 is 10.6 Å². The van der Waals surface area contributed by atoms with Gasteiger partial charge in [0.25, 0.3) is 0 Å². The number of hydrogen-bond donors (Lipinski definition) is 2. The lowest BCUT2D eigenvalue weighted by Gasteiger charge is -2.17. The Morgan fingerprint density at radius 3 is 2.47 bits per heavy atom. The van der Waals surface area contributed by atoms with Crippen molar-refractivity contribution in [3.63, 3.8) is 0 Å². The number of carbonyl (C=O) groups excluding carboxylic acids is 2. The molecule has 0 saturated heterocycles. The van der Waals surface area contributed by atoms with Crippen LogP contribution >= 0.6 is 0 Å². The lowest BCUT2D eigenvalue weighted by atomic mass is 10.1. The topological polar surface area (TPSA) is 93.1 Å². The molecule has 0 radical (unpaired) electrons. The summed E-state index contributed by atoms with van der Waals surface area (Å²) in [5.41, 5.74) is 1.34. The molecule has 7 heteroatoms. The number of nitrogens with zero attached hydrogens (tertiary/aromatic N) is 2. The van der Waals surface area contributed by atoms with Crippen molar-refractivity contribution >= 4 is 34.1 Å². The van der Waals surface area contributed by atoms with Crippen LogP contribution in [-0.2, 0) is 11.3 Å². The molecule has 154 valence electrons. The van der Waals surface area contributed by atoms with Gasteiger partial charge in [0.05, 0.1) is 5.52 Å². The summed E-state index contributed by atoms with van der Waals surface area (Å²) in [7, 11) is 0. The second-order valence-corrected chi connectivity index (χ2v) is 7.65. The van der Waals surface area contributed by atoms with Crippen LogP contribution in [0.2, 0.25) is 0 Å². The van der Waals surface area contributed by atoms with E-state index in [2.05, 4.69) is 15.6 Å². The van der Waals surface area contributed by atoms with Crippen LogP contribution in [0, 0.1) is 0 Å². The number of ketones is 1. The van der Waals surface area contributed by atoms with Gasteiger partial charge in [0.2, 0.25) is 5.91 Å². The van der Waals surface area contributed by atoms with Crippen molar-refractivity contribution in [3.05, 3.63) is 64.6 Å². The number of carbonyl (C=O) groups is 2. The number of benzene rings is 2. The number of Topliss-reactive ketones (excluding diaryl/α,β-unsaturated/α-hetero) is 1. The quantitative estimate of drug-likeness (QED) is 0.613. The number of anilines is 2. The molecule has 1 fully saturated rings. The highest BCUT2D eigenvalue weighted by molar-refractivity contribution is 5.96. The summed E-state index contributed by atoms with van der Waals surface area (Å²) < 4.78 is 1.38. The number of aromatic nitrogens is 2. The molecule has 7 nitrogen and oxygen atoms in total. The lowest BCUT2D eigenvalue weighted by Crippen LogP contribution is -2.31. The number of amides is 1. The van der Waals surface area contributed by atoms with Crippen LogP contribution in [0.3, 0.4) is 0 Å². The van der Waals surface area contributed by atoms with Crippen LogP contribution in [0.4, 0.5) is 11.5 Å². The molecule has 1 amide bonds. The van der Waals surface area contributed by atoms with Crippen molar-refractivity contribution in [2.45, 2.75) is 45.2 Å². The van der Waals surface area contributed by atoms with E-state index in [-0.39, 0.29) is 18.2 Å². The first-order valence-corrected chi connectivity index (χ1v) is 10.2. The van der Waals surface area contributed by atoms with E-state index in [1.165, 1.54) is 24.3 Å². The van der Waals surface area contributed by atoms with Gasteiger partial charge in [0.1, 0.15) is 12.4 Å². The fourth-order valence-corrected chi connectivity index (χ4v) is 3.89. The molecule has 0 spiro atoms. The van der Waals surface area contributed by atoms with Gasteiger partial charge in [-0.15, -0.1) is 0 Å². The lowest BCUT2D eigenvalue weighted by molar-refractivity contribution is -0.116. The fraction of sp³-hybridized carbons (Fsp3) is 0.304. The highest BCUT2D eigenvalue weighted by Crippen LogP contribution is 2.25. The molecule has 1 aliphatic carbocycles. The second-order valence-electron chi connectivity index (χ2n) is 7.65. The van der Waals surface area contributed by atoms with Gasteiger partial charge in [0, 0.05) is 22.7 Å². The third-order valence-corrected chi connectivity index (χ3v) is 5.46. The monoisotopic (exact) mass is 404 g/mol. The number of fused-ring (bicyclic) bond motifs is 1. The predicted octanol–water partition coefficient (Wildman–Crippen LogP) is 3.59. The normalized spacial score (nSPS) is 14.0. The number of para-hydroxylation sites is 1. The van der Waals surface area contributed by atoms with Crippen LogP contribution in [0.1, 0.15) is 43.0 Å². The molecule has 0 atom stereocenters. The Labute approximate surface area is 174 Å². The third kappa shape index (κ3) is 4.25. The zero-order valence-electron chi connectivity index (χ0n) is 16.9. The number of hydrogen-bond acceptors (Lipinski definition) is 5. The Balaban J connectivity index is 1.57. The Hall–Kier alpha value is -3.48. The highest BCUT2D eigenvalue weighted by atomic mass is 16.2. The molecule has 4 rings (SSSR count). The van der Waals surface area contributed by atoms with Crippen LogP contribution in [0.25, 0.3) is 10.9 Å². The van der Waals surface area contributed by atoms with Crippen LogP contribution < -0.4 is 16.3 Å². The SMILES string of the molecule is CC(=O)c1ccc(NC(=O)Cn2c(=O)nc(NC3CCCC3)c3ccccc32)cc1. The minimum absolute atomic E-state index is 0.0386. The Morgan fingerprint density at radius 1 is 1.07 bits per heavy atom. The van der Waals surface area contributed by atoms with E-state index in [0.29, 0.717) is 28.6 Å². The first-order valence-electron chi connectivity index (χ1n) is 10.2. The maximum atomic E-state index is 12.7. The van der Waals surface area contributed by atoms with E-state index in [4.69, 9.17) is 0 Å². The van der Waals surface area contributed by atoms with Gasteiger partial charge in [-0.05, 0) is 56.2 Å². The summed E-state index contributed by atoms with van der Waals surface area (Å²) in [5, 5.41) is 7.00. The number of nitrogens with one attached hydrogen (secondary N) is 2. The summed E-state index contributed by atoms with van der Waals surface area (Å²) >= 11 is 0. The molecule has 0 aliphatic heterocycles. The van der Waals surface area contributed by atoms with Gasteiger partial charge in [-0.3, -0.25) is 14.2 Å². The minimum atomic E-state index is -0.462. The van der Waals surface area contributed by atoms with Crippen molar-refractivity contribution in [2.75, 3.05) is 10.6 Å². The van der Waals surface area contributed by atoms with Crippen molar-refractivity contribution in [3.8, 4) is 0 Å². The first kappa shape index (κ1) is 19.8. The van der Waals surface area contributed by atoms with E-state index < -0.39 is 5.69 Å². The summed E-state index contributed by atoms with van der Waals surface area (Å²) in [5.74, 6) is 0.207. The smallest absolute Gasteiger partial charge is 0.350 e. The molecule has 1 heterocycles. The molecule has 2 aromatic carbocycles. The summed E-state index contributed by atoms with van der Waals surface area (Å²) in [6, 6.07) is 14.5. The van der Waals surface area contributed by atoms with E-state index in [1.807, 2.05) is 24.3 Å². The van der Waals surface area contributed by atoms with Gasteiger partial charge in [-0.1, -0.05) is 25.0 Å². The molecule has 2 N–H and O–H groups in total. The number of rotatable bonds is 6. The largest absolute Gasteiger partial charge is 0.367 e. The average molecular weight is 404 g/mol. The molecular formula is C23H24N4O3. The van der Waals surface area contributed by atoms with E-state index in [1.54, 1.807) is 24.3 Å². The Kier molecular flexibility index (Phi) is 5.61. The first-order chi connectivity index (χ1) is 14.5. The third-order valence-electron chi connectivity index (χ3n) is 5.46. The zero-order chi connectivity index (χ0) is 21.1. The minimum Gasteiger partial charge on any atom is -0.367 e. The standard InChI is InChI=1S/C23H24N4O3/c1-15(28)16-10-12-18(13-11-16)24-21(29)14-27-20-9-5-4-8-19(20)22(26-23(27)30)25-17-6-2-3-7-17/h4-5,8-13,17H,2-3,6-7,14H2,1H3,(H,24,29)(H,25,26,30). The summed E-state index contributed by atoms with van der Waals surface area (Å²) in [4.78, 5) is 40.9. The van der Waals surface area contributed by atoms with Crippen molar-refractivity contribution in [2.24, 2.45) is 0 Å². The fourth-order valence-electron chi connectivity index (χ4n) is 3.89. The van der Waals surface area contributed by atoms with Crippen molar-refractivity contribution < 1.29 is 9.59 Å². The predicted molar refractivity (Wildman–Crippen MR) is 117 cm³/mol. The molecule has 0 unspecified atom stereocenters. The molecule has 0 bridgehead atoms. The molecule has 1 aliphatic rings. The molecular weight excluding hydrogens is 380 g/mol. The van der Waals surface area contributed by atoms with Gasteiger partial charge in [0.15, 0.2) is 5.78 Å². The van der Waals surface area contributed by atoms with Crippen LogP contribution in [-0.4, -0.2) is 27.3 Å². The van der Waals surface area contributed by atoms with Gasteiger partial charge >= 0.3 is 5.69 Å². The molecule has 1 aromatic heterocycles. The molecule has 30 heavy (non-hydrogen) atoms. The Bertz CT molecular complexity index is 1150. The van der Waals surface area contributed by atoms with Crippen molar-refractivity contribution in [1.29, 1.82) is 0 Å². The van der Waals surface area contributed by atoms with Crippen LogP contribution in [0.15, 0.2) is 53.3 Å². The molecule has 3 aromatic rings. The summed E-state index contributed by atoms with van der Waals surface area (Å²) in [6.07, 6.45) is 4.51. The molecule has 1 saturated carbocycles. The van der Waals surface area contributed by atoms with E-state index in [0.717, 1.165) is 18.2 Å². The highest BCUT2D eigenvalue weighted by Gasteiger charge is 2.18. The maximum Gasteiger partial charge on any atom is 0.350 e. The van der Waals surface area contributed by atoms with Gasteiger partial charge in [-0.25, -0.2) is 4.79 Å². The van der Waals surface area contributed by atoms with E-state index in [9.17, 15) is 14.4 Å². The van der Waals surface area contributed by atoms with Crippen LogP contribution in [0.5, 0.6) is 0 Å². The van der Waals surface area contributed by atoms with E-state index >= 15 is 0 Å². The van der Waals surface area contributed by atoms with Crippen molar-refractivity contribution in [1.82, 2.24) is 9.55 Å². The zero-order valence-corrected chi connectivity index (χ0v) is 16.9. The van der Waals surface area contributed by atoms with Gasteiger partial charge in [-0.2, -0.15) is 4.98 Å². The summed E-state index contributed by atoms with van der Waals surface area (Å²) in [6.45, 7) is 1.34. The second kappa shape index (κ2) is 8.49.